The van der Waals surface area contributed by atoms with E-state index in [1.165, 1.54) is 0 Å². The maximum atomic E-state index is 13.4. The van der Waals surface area contributed by atoms with Crippen molar-refractivity contribution in [2.24, 2.45) is 0 Å². The lowest BCUT2D eigenvalue weighted by molar-refractivity contribution is -0.140. The van der Waals surface area contributed by atoms with Crippen LogP contribution in [0.5, 0.6) is 23.3 Å². The largest absolute Gasteiger partial charge is 0.439 e. The van der Waals surface area contributed by atoms with Gasteiger partial charge in [0.15, 0.2) is 0 Å². The highest BCUT2D eigenvalue weighted by atomic mass is 79.9. The smallest absolute Gasteiger partial charge is 0.419 e. The van der Waals surface area contributed by atoms with E-state index < -0.39 is 46.6 Å². The van der Waals surface area contributed by atoms with Crippen molar-refractivity contribution in [3.63, 3.8) is 0 Å². The van der Waals surface area contributed by atoms with Crippen LogP contribution in [-0.4, -0.2) is 9.97 Å². The first kappa shape index (κ1) is 22.7. The summed E-state index contributed by atoms with van der Waals surface area (Å²) in [7, 11) is 0. The van der Waals surface area contributed by atoms with Crippen LogP contribution in [0.3, 0.4) is 0 Å². The summed E-state index contributed by atoms with van der Waals surface area (Å²) in [6, 6.07) is 4.68. The molecule has 0 saturated heterocycles. The van der Waals surface area contributed by atoms with Crippen LogP contribution in [0.4, 0.5) is 35.1 Å². The van der Waals surface area contributed by atoms with E-state index in [1.54, 1.807) is 0 Å². The maximum Gasteiger partial charge on any atom is 0.419 e. The molecule has 3 aromatic rings. The van der Waals surface area contributed by atoms with Crippen LogP contribution in [0.25, 0.3) is 0 Å². The second-order valence-corrected chi connectivity index (χ2v) is 6.51. The summed E-state index contributed by atoms with van der Waals surface area (Å²) >= 11 is 2.89. The van der Waals surface area contributed by atoms with Crippen molar-refractivity contribution in [1.82, 2.24) is 9.97 Å². The quantitative estimate of drug-likeness (QED) is 0.274. The Kier molecular flexibility index (Phi) is 6.07. The first-order valence-corrected chi connectivity index (χ1v) is 8.76. The molecule has 1 aromatic heterocycles. The monoisotopic (exact) mass is 514 g/mol. The zero-order chi connectivity index (χ0) is 23.0. The van der Waals surface area contributed by atoms with E-state index in [9.17, 15) is 35.1 Å². The Balaban J connectivity index is 1.88. The van der Waals surface area contributed by atoms with Crippen LogP contribution < -0.4 is 9.47 Å². The molecule has 0 radical (unpaired) electrons. The lowest BCUT2D eigenvalue weighted by Crippen LogP contribution is -2.08. The molecular formula is C18H7BrF8N2O2. The molecular weight excluding hydrogens is 508 g/mol. The number of hydrogen-bond acceptors (Lipinski definition) is 4. The number of ether oxygens (including phenoxy) is 2. The van der Waals surface area contributed by atoms with Gasteiger partial charge in [-0.25, -0.2) is 8.78 Å². The molecule has 0 aliphatic carbocycles. The third-order valence-electron chi connectivity index (χ3n) is 3.58. The summed E-state index contributed by atoms with van der Waals surface area (Å²) in [5.74, 6) is -4.60. The molecule has 164 valence electrons. The molecule has 0 saturated carbocycles. The number of halogens is 9. The van der Waals surface area contributed by atoms with E-state index in [4.69, 9.17) is 9.47 Å². The van der Waals surface area contributed by atoms with Crippen LogP contribution in [0.1, 0.15) is 11.1 Å². The highest BCUT2D eigenvalue weighted by molar-refractivity contribution is 9.10. The third-order valence-corrected chi connectivity index (χ3v) is 3.94. The third kappa shape index (κ3) is 5.60. The van der Waals surface area contributed by atoms with Gasteiger partial charge in [-0.2, -0.15) is 36.3 Å². The summed E-state index contributed by atoms with van der Waals surface area (Å²) in [5.41, 5.74) is -3.14. The zero-order valence-electron chi connectivity index (χ0n) is 14.7. The summed E-state index contributed by atoms with van der Waals surface area (Å²) in [5, 5.41) is 0. The predicted molar refractivity (Wildman–Crippen MR) is 92.7 cm³/mol. The zero-order valence-corrected chi connectivity index (χ0v) is 16.2. The Morgan fingerprint density at radius 1 is 0.645 bits per heavy atom. The Morgan fingerprint density at radius 2 is 1.03 bits per heavy atom. The summed E-state index contributed by atoms with van der Waals surface area (Å²) < 4.78 is 114. The molecule has 0 bridgehead atoms. The number of benzene rings is 2. The number of hydrogen-bond donors (Lipinski definition) is 0. The van der Waals surface area contributed by atoms with Gasteiger partial charge in [0.2, 0.25) is 16.5 Å². The van der Waals surface area contributed by atoms with Gasteiger partial charge in [0.1, 0.15) is 23.1 Å². The van der Waals surface area contributed by atoms with E-state index in [0.29, 0.717) is 24.3 Å². The number of aromatic nitrogens is 2. The summed E-state index contributed by atoms with van der Waals surface area (Å²) in [6.07, 6.45) is -9.94. The molecule has 1 heterocycles. The van der Waals surface area contributed by atoms with E-state index in [0.717, 1.165) is 18.2 Å². The van der Waals surface area contributed by atoms with Crippen molar-refractivity contribution < 1.29 is 44.6 Å². The van der Waals surface area contributed by atoms with Crippen LogP contribution in [-0.2, 0) is 12.4 Å². The van der Waals surface area contributed by atoms with Crippen LogP contribution in [0, 0.1) is 11.6 Å². The molecule has 0 unspecified atom stereocenters. The Morgan fingerprint density at radius 3 is 1.39 bits per heavy atom. The maximum absolute atomic E-state index is 13.4. The Bertz CT molecular complexity index is 1030. The molecule has 0 aliphatic rings. The minimum absolute atomic E-state index is 0.184. The van der Waals surface area contributed by atoms with Gasteiger partial charge in [0, 0.05) is 0 Å². The van der Waals surface area contributed by atoms with E-state index in [-0.39, 0.29) is 16.5 Å². The minimum atomic E-state index is -4.97. The average Bonchev–Trinajstić information content (AvgIpc) is 2.62. The van der Waals surface area contributed by atoms with Gasteiger partial charge < -0.3 is 9.47 Å². The standard InChI is InChI=1S/C18H7BrF8N2O2/c19-16-28-14(30-8-1-3-12(20)10(5-8)17(22,23)24)7-15(29-16)31-9-2-4-13(21)11(6-9)18(25,26)27/h1-7H. The highest BCUT2D eigenvalue weighted by Crippen LogP contribution is 2.37. The van der Waals surface area contributed by atoms with Crippen molar-refractivity contribution in [1.29, 1.82) is 0 Å². The summed E-state index contributed by atoms with van der Waals surface area (Å²) in [4.78, 5) is 7.49. The van der Waals surface area contributed by atoms with Gasteiger partial charge in [-0.05, 0) is 52.3 Å². The normalized spacial score (nSPS) is 12.0. The first-order valence-electron chi connectivity index (χ1n) is 7.97. The second kappa shape index (κ2) is 8.29. The van der Waals surface area contributed by atoms with Crippen molar-refractivity contribution in [3.05, 3.63) is 70.0 Å². The van der Waals surface area contributed by atoms with Crippen LogP contribution >= 0.6 is 15.9 Å². The Labute approximate surface area is 176 Å². The van der Waals surface area contributed by atoms with Gasteiger partial charge in [-0.15, -0.1) is 0 Å². The molecule has 3 rings (SSSR count). The number of nitrogens with zero attached hydrogens (tertiary/aromatic N) is 2. The molecule has 0 spiro atoms. The molecule has 0 amide bonds. The van der Waals surface area contributed by atoms with Crippen molar-refractivity contribution >= 4 is 15.9 Å². The average molecular weight is 515 g/mol. The fourth-order valence-electron chi connectivity index (χ4n) is 2.29. The number of alkyl halides is 6. The van der Waals surface area contributed by atoms with Crippen molar-refractivity contribution in [2.45, 2.75) is 12.4 Å². The second-order valence-electron chi connectivity index (χ2n) is 5.80. The topological polar surface area (TPSA) is 44.2 Å². The molecule has 0 fully saturated rings. The molecule has 4 nitrogen and oxygen atoms in total. The van der Waals surface area contributed by atoms with Gasteiger partial charge >= 0.3 is 12.4 Å². The fraction of sp³-hybridized carbons (Fsp3) is 0.111. The highest BCUT2D eigenvalue weighted by Gasteiger charge is 2.35. The van der Waals surface area contributed by atoms with Crippen LogP contribution in [0.15, 0.2) is 47.2 Å². The lowest BCUT2D eigenvalue weighted by atomic mass is 10.2. The van der Waals surface area contributed by atoms with E-state index in [2.05, 4.69) is 25.9 Å². The molecule has 0 atom stereocenters. The molecule has 0 aliphatic heterocycles. The van der Waals surface area contributed by atoms with E-state index >= 15 is 0 Å². The lowest BCUT2D eigenvalue weighted by Gasteiger charge is -2.12. The molecule has 2 aromatic carbocycles. The molecule has 0 N–H and O–H groups in total. The molecule has 13 heteroatoms. The predicted octanol–water partition coefficient (Wildman–Crippen LogP) is 7.14. The first-order chi connectivity index (χ1) is 14.3. The minimum Gasteiger partial charge on any atom is -0.439 e. The van der Waals surface area contributed by atoms with Crippen molar-refractivity contribution in [3.8, 4) is 23.3 Å². The van der Waals surface area contributed by atoms with Gasteiger partial charge in [-0.1, -0.05) is 0 Å². The molecule has 31 heavy (non-hydrogen) atoms. The van der Waals surface area contributed by atoms with Gasteiger partial charge in [0.25, 0.3) is 0 Å². The Hall–Kier alpha value is -2.96. The number of rotatable bonds is 4. The van der Waals surface area contributed by atoms with Crippen molar-refractivity contribution in [2.75, 3.05) is 0 Å². The van der Waals surface area contributed by atoms with Gasteiger partial charge in [-0.3, -0.25) is 0 Å². The van der Waals surface area contributed by atoms with Gasteiger partial charge in [0.05, 0.1) is 17.2 Å². The SMILES string of the molecule is Fc1ccc(Oc2cc(Oc3ccc(F)c(C(F)(F)F)c3)nc(Br)n2)cc1C(F)(F)F. The van der Waals surface area contributed by atoms with E-state index in [1.807, 2.05) is 0 Å². The fourth-order valence-corrected chi connectivity index (χ4v) is 2.64. The summed E-state index contributed by atoms with van der Waals surface area (Å²) in [6.45, 7) is 0. The van der Waals surface area contributed by atoms with Crippen LogP contribution in [0.2, 0.25) is 0 Å².